The Balaban J connectivity index is 2.15. The van der Waals surface area contributed by atoms with Gasteiger partial charge in [-0.15, -0.1) is 0 Å². The van der Waals surface area contributed by atoms with Gasteiger partial charge in [0.1, 0.15) is 0 Å². The summed E-state index contributed by atoms with van der Waals surface area (Å²) in [5.74, 6) is 1.83. The molecular weight excluding hydrogens is 134 g/mol. The minimum Gasteiger partial charge on any atom is -0.313 e. The highest BCUT2D eigenvalue weighted by Crippen LogP contribution is 2.25. The topological polar surface area (TPSA) is 12.0 Å². The van der Waals surface area contributed by atoms with Crippen molar-refractivity contribution in [3.05, 3.63) is 0 Å². The standard InChI is InChI=1S/C10H21N/c1-4-5-6-10-9(7-11-10)8(2)3/h8-11H,4-7H2,1-3H3. The molecule has 0 spiro atoms. The van der Waals surface area contributed by atoms with Crippen LogP contribution < -0.4 is 5.32 Å². The van der Waals surface area contributed by atoms with E-state index < -0.39 is 0 Å². The molecule has 11 heavy (non-hydrogen) atoms. The van der Waals surface area contributed by atoms with Gasteiger partial charge in [0, 0.05) is 6.04 Å². The number of nitrogens with one attached hydrogen (secondary N) is 1. The Kier molecular flexibility index (Phi) is 3.38. The van der Waals surface area contributed by atoms with Crippen molar-refractivity contribution in [2.24, 2.45) is 11.8 Å². The summed E-state index contributed by atoms with van der Waals surface area (Å²) in [5.41, 5.74) is 0. The average molecular weight is 155 g/mol. The fourth-order valence-corrected chi connectivity index (χ4v) is 1.86. The third-order valence-electron chi connectivity index (χ3n) is 2.86. The van der Waals surface area contributed by atoms with E-state index in [1.807, 2.05) is 0 Å². The molecule has 0 aromatic heterocycles. The van der Waals surface area contributed by atoms with Crippen molar-refractivity contribution in [1.82, 2.24) is 5.32 Å². The normalized spacial score (nSPS) is 30.5. The molecule has 1 heterocycles. The predicted molar refractivity (Wildman–Crippen MR) is 49.6 cm³/mol. The smallest absolute Gasteiger partial charge is 0.0110 e. The minimum absolute atomic E-state index is 0.843. The van der Waals surface area contributed by atoms with E-state index in [2.05, 4.69) is 26.1 Å². The van der Waals surface area contributed by atoms with Crippen LogP contribution in [-0.2, 0) is 0 Å². The van der Waals surface area contributed by atoms with Gasteiger partial charge in [0.2, 0.25) is 0 Å². The van der Waals surface area contributed by atoms with Crippen molar-refractivity contribution >= 4 is 0 Å². The monoisotopic (exact) mass is 155 g/mol. The van der Waals surface area contributed by atoms with Gasteiger partial charge in [0.25, 0.3) is 0 Å². The van der Waals surface area contributed by atoms with Crippen molar-refractivity contribution in [3.63, 3.8) is 0 Å². The maximum atomic E-state index is 3.51. The Hall–Kier alpha value is -0.0400. The van der Waals surface area contributed by atoms with Crippen molar-refractivity contribution in [2.75, 3.05) is 6.54 Å². The molecule has 1 nitrogen and oxygen atoms in total. The van der Waals surface area contributed by atoms with Crippen LogP contribution in [0.25, 0.3) is 0 Å². The molecule has 0 radical (unpaired) electrons. The van der Waals surface area contributed by atoms with E-state index in [4.69, 9.17) is 0 Å². The van der Waals surface area contributed by atoms with Crippen molar-refractivity contribution in [3.8, 4) is 0 Å². The quantitative estimate of drug-likeness (QED) is 0.657. The Labute approximate surface area is 70.6 Å². The summed E-state index contributed by atoms with van der Waals surface area (Å²) in [6, 6.07) is 0.843. The summed E-state index contributed by atoms with van der Waals surface area (Å²) in [6.45, 7) is 8.20. The van der Waals surface area contributed by atoms with Crippen molar-refractivity contribution in [2.45, 2.75) is 46.1 Å². The Morgan fingerprint density at radius 1 is 1.45 bits per heavy atom. The molecule has 1 N–H and O–H groups in total. The largest absolute Gasteiger partial charge is 0.313 e. The second-order valence-corrected chi connectivity index (χ2v) is 4.06. The summed E-state index contributed by atoms with van der Waals surface area (Å²) in [7, 11) is 0. The van der Waals surface area contributed by atoms with Crippen LogP contribution in [-0.4, -0.2) is 12.6 Å². The molecule has 0 saturated carbocycles. The lowest BCUT2D eigenvalue weighted by Crippen LogP contribution is -2.54. The van der Waals surface area contributed by atoms with E-state index in [0.29, 0.717) is 0 Å². The third-order valence-corrected chi connectivity index (χ3v) is 2.86. The molecule has 1 aliphatic rings. The van der Waals surface area contributed by atoms with Crippen LogP contribution >= 0.6 is 0 Å². The van der Waals surface area contributed by atoms with E-state index in [1.54, 1.807) is 0 Å². The van der Waals surface area contributed by atoms with Gasteiger partial charge in [0.05, 0.1) is 0 Å². The number of unbranched alkanes of at least 4 members (excludes halogenated alkanes) is 1. The van der Waals surface area contributed by atoms with Gasteiger partial charge in [-0.25, -0.2) is 0 Å². The van der Waals surface area contributed by atoms with Gasteiger partial charge in [-0.1, -0.05) is 33.6 Å². The van der Waals surface area contributed by atoms with Gasteiger partial charge in [-0.3, -0.25) is 0 Å². The highest BCUT2D eigenvalue weighted by atomic mass is 15.0. The predicted octanol–water partition coefficient (Wildman–Crippen LogP) is 2.42. The lowest BCUT2D eigenvalue weighted by Gasteiger charge is -2.41. The van der Waals surface area contributed by atoms with Crippen LogP contribution in [0.15, 0.2) is 0 Å². The zero-order valence-corrected chi connectivity index (χ0v) is 8.06. The number of hydrogen-bond donors (Lipinski definition) is 1. The molecule has 1 aliphatic heterocycles. The highest BCUT2D eigenvalue weighted by molar-refractivity contribution is 4.89. The van der Waals surface area contributed by atoms with E-state index >= 15 is 0 Å². The third kappa shape index (κ3) is 2.19. The molecule has 1 fully saturated rings. The molecule has 2 atom stereocenters. The first-order valence-corrected chi connectivity index (χ1v) is 4.99. The van der Waals surface area contributed by atoms with Gasteiger partial charge in [-0.2, -0.15) is 0 Å². The summed E-state index contributed by atoms with van der Waals surface area (Å²) < 4.78 is 0. The number of hydrogen-bond acceptors (Lipinski definition) is 1. The molecule has 0 aliphatic carbocycles. The van der Waals surface area contributed by atoms with Gasteiger partial charge in [0.15, 0.2) is 0 Å². The van der Waals surface area contributed by atoms with Crippen LogP contribution in [0.5, 0.6) is 0 Å². The van der Waals surface area contributed by atoms with Crippen LogP contribution in [0.3, 0.4) is 0 Å². The first kappa shape index (κ1) is 9.05. The Morgan fingerprint density at radius 3 is 2.55 bits per heavy atom. The molecular formula is C10H21N. The summed E-state index contributed by atoms with van der Waals surface area (Å²) in [5, 5.41) is 3.51. The average Bonchev–Trinajstić information content (AvgIpc) is 1.84. The zero-order chi connectivity index (χ0) is 8.27. The second kappa shape index (κ2) is 4.10. The van der Waals surface area contributed by atoms with Crippen LogP contribution in [0.1, 0.15) is 40.0 Å². The van der Waals surface area contributed by atoms with E-state index in [1.165, 1.54) is 25.8 Å². The first-order chi connectivity index (χ1) is 5.25. The molecule has 1 heteroatoms. The fraction of sp³-hybridized carbons (Fsp3) is 1.00. The summed E-state index contributed by atoms with van der Waals surface area (Å²) in [6.07, 6.45) is 4.11. The lowest BCUT2D eigenvalue weighted by atomic mass is 9.80. The molecule has 0 aromatic carbocycles. The molecule has 0 aromatic rings. The molecule has 0 amide bonds. The van der Waals surface area contributed by atoms with E-state index in [-0.39, 0.29) is 0 Å². The first-order valence-electron chi connectivity index (χ1n) is 4.99. The summed E-state index contributed by atoms with van der Waals surface area (Å²) >= 11 is 0. The molecule has 2 unspecified atom stereocenters. The van der Waals surface area contributed by atoms with Gasteiger partial charge >= 0.3 is 0 Å². The Bertz CT molecular complexity index is 109. The highest BCUT2D eigenvalue weighted by Gasteiger charge is 2.31. The van der Waals surface area contributed by atoms with Crippen molar-refractivity contribution < 1.29 is 0 Å². The maximum absolute atomic E-state index is 3.51. The van der Waals surface area contributed by atoms with Crippen LogP contribution in [0.4, 0.5) is 0 Å². The van der Waals surface area contributed by atoms with Crippen LogP contribution in [0.2, 0.25) is 0 Å². The van der Waals surface area contributed by atoms with Crippen molar-refractivity contribution in [1.29, 1.82) is 0 Å². The summed E-state index contributed by atoms with van der Waals surface area (Å²) in [4.78, 5) is 0. The number of rotatable bonds is 4. The minimum atomic E-state index is 0.843. The molecule has 0 bridgehead atoms. The SMILES string of the molecule is CCCCC1NCC1C(C)C. The molecule has 1 rings (SSSR count). The fourth-order valence-electron chi connectivity index (χ4n) is 1.86. The lowest BCUT2D eigenvalue weighted by molar-refractivity contribution is 0.161. The Morgan fingerprint density at radius 2 is 2.18 bits per heavy atom. The van der Waals surface area contributed by atoms with Crippen LogP contribution in [0, 0.1) is 11.8 Å². The van der Waals surface area contributed by atoms with E-state index in [9.17, 15) is 0 Å². The zero-order valence-electron chi connectivity index (χ0n) is 8.06. The maximum Gasteiger partial charge on any atom is 0.0110 e. The van der Waals surface area contributed by atoms with E-state index in [0.717, 1.165) is 17.9 Å². The second-order valence-electron chi connectivity index (χ2n) is 4.06. The van der Waals surface area contributed by atoms with Gasteiger partial charge in [-0.05, 0) is 24.8 Å². The molecule has 66 valence electrons. The molecule has 1 saturated heterocycles. The van der Waals surface area contributed by atoms with Gasteiger partial charge < -0.3 is 5.32 Å².